The first-order chi connectivity index (χ1) is 6.40. The first kappa shape index (κ1) is 9.10. The Kier molecular flexibility index (Phi) is 2.91. The number of rotatable bonds is 2. The Morgan fingerprint density at radius 2 is 2.38 bits per heavy atom. The molecule has 0 saturated carbocycles. The average Bonchev–Trinajstić information content (AvgIpc) is 2.18. The maximum Gasteiger partial charge on any atom is 0.0713 e. The van der Waals surface area contributed by atoms with Crippen molar-refractivity contribution in [2.24, 2.45) is 0 Å². The molecule has 1 aliphatic heterocycles. The van der Waals surface area contributed by atoms with Crippen LogP contribution in [0.3, 0.4) is 0 Å². The molecule has 0 bridgehead atoms. The molecule has 1 aromatic rings. The predicted molar refractivity (Wildman–Crippen MR) is 56.2 cm³/mol. The summed E-state index contributed by atoms with van der Waals surface area (Å²) in [5.74, 6) is 1.27. The maximum absolute atomic E-state index is 5.11. The van der Waals surface area contributed by atoms with Gasteiger partial charge in [0.1, 0.15) is 0 Å². The molecule has 0 amide bonds. The van der Waals surface area contributed by atoms with Gasteiger partial charge < -0.3 is 4.74 Å². The van der Waals surface area contributed by atoms with Crippen molar-refractivity contribution in [1.82, 2.24) is 0 Å². The van der Waals surface area contributed by atoms with Crippen LogP contribution >= 0.6 is 11.8 Å². The van der Waals surface area contributed by atoms with Crippen LogP contribution in [0.25, 0.3) is 0 Å². The monoisotopic (exact) mass is 194 g/mol. The second-order valence-corrected chi connectivity index (χ2v) is 4.46. The molecule has 70 valence electrons. The standard InChI is InChI=1S/C11H14OS/c1-12-8-9-4-5-11-10(7-9)3-2-6-13-11/h4-5,7H,2-3,6,8H2,1H3. The number of ether oxygens (including phenoxy) is 1. The average molecular weight is 194 g/mol. The van der Waals surface area contributed by atoms with Crippen LogP contribution in [-0.4, -0.2) is 12.9 Å². The topological polar surface area (TPSA) is 9.23 Å². The van der Waals surface area contributed by atoms with E-state index in [9.17, 15) is 0 Å². The van der Waals surface area contributed by atoms with Crippen molar-refractivity contribution in [3.8, 4) is 0 Å². The van der Waals surface area contributed by atoms with E-state index in [0.717, 1.165) is 6.61 Å². The molecule has 0 aliphatic carbocycles. The van der Waals surface area contributed by atoms with Crippen LogP contribution < -0.4 is 0 Å². The second-order valence-electron chi connectivity index (χ2n) is 3.33. The number of benzene rings is 1. The van der Waals surface area contributed by atoms with Gasteiger partial charge in [0, 0.05) is 12.0 Å². The van der Waals surface area contributed by atoms with Crippen LogP contribution in [-0.2, 0) is 17.8 Å². The van der Waals surface area contributed by atoms with Crippen molar-refractivity contribution < 1.29 is 4.74 Å². The van der Waals surface area contributed by atoms with E-state index in [2.05, 4.69) is 18.2 Å². The van der Waals surface area contributed by atoms with Crippen LogP contribution in [0.15, 0.2) is 23.1 Å². The van der Waals surface area contributed by atoms with Crippen molar-refractivity contribution in [2.45, 2.75) is 24.3 Å². The van der Waals surface area contributed by atoms with Gasteiger partial charge in [-0.15, -0.1) is 11.8 Å². The summed E-state index contributed by atoms with van der Waals surface area (Å²) < 4.78 is 5.11. The lowest BCUT2D eigenvalue weighted by Gasteiger charge is -2.15. The lowest BCUT2D eigenvalue weighted by Crippen LogP contribution is -1.99. The quantitative estimate of drug-likeness (QED) is 0.716. The smallest absolute Gasteiger partial charge is 0.0713 e. The van der Waals surface area contributed by atoms with E-state index in [1.54, 1.807) is 7.11 Å². The van der Waals surface area contributed by atoms with Crippen molar-refractivity contribution in [1.29, 1.82) is 0 Å². The summed E-state index contributed by atoms with van der Waals surface area (Å²) in [6.07, 6.45) is 2.55. The molecule has 0 spiro atoms. The van der Waals surface area contributed by atoms with E-state index in [1.807, 2.05) is 11.8 Å². The predicted octanol–water partition coefficient (Wildman–Crippen LogP) is 2.87. The molecule has 1 nitrogen and oxygen atoms in total. The second kappa shape index (κ2) is 4.16. The molecule has 0 aromatic heterocycles. The Morgan fingerprint density at radius 1 is 1.46 bits per heavy atom. The molecule has 1 aliphatic rings. The summed E-state index contributed by atoms with van der Waals surface area (Å²) in [4.78, 5) is 1.46. The number of hydrogen-bond donors (Lipinski definition) is 0. The highest BCUT2D eigenvalue weighted by molar-refractivity contribution is 7.99. The Morgan fingerprint density at radius 3 is 3.23 bits per heavy atom. The van der Waals surface area contributed by atoms with Gasteiger partial charge in [-0.1, -0.05) is 12.1 Å². The van der Waals surface area contributed by atoms with E-state index < -0.39 is 0 Å². The summed E-state index contributed by atoms with van der Waals surface area (Å²) in [5.41, 5.74) is 2.80. The fourth-order valence-corrected chi connectivity index (χ4v) is 2.69. The first-order valence-corrected chi connectivity index (χ1v) is 5.62. The third kappa shape index (κ3) is 2.06. The van der Waals surface area contributed by atoms with Crippen LogP contribution in [0.5, 0.6) is 0 Å². The van der Waals surface area contributed by atoms with Gasteiger partial charge >= 0.3 is 0 Å². The van der Waals surface area contributed by atoms with Crippen LogP contribution in [0.2, 0.25) is 0 Å². The van der Waals surface area contributed by atoms with Crippen molar-refractivity contribution in [3.63, 3.8) is 0 Å². The van der Waals surface area contributed by atoms with E-state index in [-0.39, 0.29) is 0 Å². The molecule has 0 N–H and O–H groups in total. The van der Waals surface area contributed by atoms with Crippen LogP contribution in [0.1, 0.15) is 17.5 Å². The molecule has 1 aromatic carbocycles. The fraction of sp³-hybridized carbons (Fsp3) is 0.455. The van der Waals surface area contributed by atoms with Gasteiger partial charge in [0.05, 0.1) is 6.61 Å². The minimum atomic E-state index is 0.734. The number of methoxy groups -OCH3 is 1. The van der Waals surface area contributed by atoms with E-state index >= 15 is 0 Å². The molecule has 0 radical (unpaired) electrons. The van der Waals surface area contributed by atoms with Gasteiger partial charge in [0.15, 0.2) is 0 Å². The van der Waals surface area contributed by atoms with E-state index in [4.69, 9.17) is 4.74 Å². The summed E-state index contributed by atoms with van der Waals surface area (Å²) in [7, 11) is 1.74. The summed E-state index contributed by atoms with van der Waals surface area (Å²) in [5, 5.41) is 0. The summed E-state index contributed by atoms with van der Waals surface area (Å²) >= 11 is 1.97. The van der Waals surface area contributed by atoms with Crippen LogP contribution in [0.4, 0.5) is 0 Å². The number of fused-ring (bicyclic) bond motifs is 1. The lowest BCUT2D eigenvalue weighted by molar-refractivity contribution is 0.185. The third-order valence-corrected chi connectivity index (χ3v) is 3.49. The van der Waals surface area contributed by atoms with Gasteiger partial charge in [-0.25, -0.2) is 0 Å². The van der Waals surface area contributed by atoms with Crippen molar-refractivity contribution in [3.05, 3.63) is 29.3 Å². The van der Waals surface area contributed by atoms with E-state index in [0.29, 0.717) is 0 Å². The highest BCUT2D eigenvalue weighted by Crippen LogP contribution is 2.30. The maximum atomic E-state index is 5.11. The molecule has 2 rings (SSSR count). The SMILES string of the molecule is COCc1ccc2c(c1)CCCS2. The minimum absolute atomic E-state index is 0.734. The van der Waals surface area contributed by atoms with E-state index in [1.165, 1.54) is 34.6 Å². The summed E-state index contributed by atoms with van der Waals surface area (Å²) in [6.45, 7) is 0.734. The molecule has 0 unspecified atom stereocenters. The molecule has 1 heterocycles. The zero-order valence-corrected chi connectivity index (χ0v) is 8.69. The molecular weight excluding hydrogens is 180 g/mol. The highest BCUT2D eigenvalue weighted by Gasteiger charge is 2.09. The molecule has 2 heteroatoms. The Bertz CT molecular complexity index is 296. The van der Waals surface area contributed by atoms with Crippen LogP contribution in [0, 0.1) is 0 Å². The Labute approximate surface area is 83.5 Å². The Balaban J connectivity index is 2.24. The normalized spacial score (nSPS) is 15.5. The molecule has 0 atom stereocenters. The third-order valence-electron chi connectivity index (χ3n) is 2.28. The van der Waals surface area contributed by atoms with Gasteiger partial charge in [0.25, 0.3) is 0 Å². The minimum Gasteiger partial charge on any atom is -0.380 e. The first-order valence-electron chi connectivity index (χ1n) is 4.63. The molecule has 0 fully saturated rings. The molecule has 13 heavy (non-hydrogen) atoms. The fourth-order valence-electron chi connectivity index (χ4n) is 1.67. The van der Waals surface area contributed by atoms with Crippen molar-refractivity contribution >= 4 is 11.8 Å². The number of hydrogen-bond acceptors (Lipinski definition) is 2. The molecule has 0 saturated heterocycles. The summed E-state index contributed by atoms with van der Waals surface area (Å²) in [6, 6.07) is 6.68. The zero-order valence-electron chi connectivity index (χ0n) is 7.88. The highest BCUT2D eigenvalue weighted by atomic mass is 32.2. The lowest BCUT2D eigenvalue weighted by atomic mass is 10.1. The van der Waals surface area contributed by atoms with Crippen molar-refractivity contribution in [2.75, 3.05) is 12.9 Å². The molecular formula is C11H14OS. The van der Waals surface area contributed by atoms with Gasteiger partial charge in [0.2, 0.25) is 0 Å². The number of aryl methyl sites for hydroxylation is 1. The zero-order chi connectivity index (χ0) is 9.10. The number of thioether (sulfide) groups is 1. The van der Waals surface area contributed by atoms with Gasteiger partial charge in [-0.2, -0.15) is 0 Å². The largest absolute Gasteiger partial charge is 0.380 e. The van der Waals surface area contributed by atoms with Gasteiger partial charge in [-0.05, 0) is 35.8 Å². The van der Waals surface area contributed by atoms with Gasteiger partial charge in [-0.3, -0.25) is 0 Å². The Hall–Kier alpha value is -0.470.